The lowest BCUT2D eigenvalue weighted by Crippen LogP contribution is -2.17. The number of halogens is 1. The van der Waals surface area contributed by atoms with Crippen LogP contribution in [0.2, 0.25) is 0 Å². The molecule has 0 aliphatic heterocycles. The lowest BCUT2D eigenvalue weighted by Gasteiger charge is -2.15. The predicted molar refractivity (Wildman–Crippen MR) is 76.2 cm³/mol. The number of esters is 1. The van der Waals surface area contributed by atoms with Gasteiger partial charge in [-0.05, 0) is 19.4 Å². The van der Waals surface area contributed by atoms with Gasteiger partial charge in [-0.1, -0.05) is 36.3 Å². The van der Waals surface area contributed by atoms with E-state index in [9.17, 15) is 9.18 Å². The van der Waals surface area contributed by atoms with Crippen LogP contribution in [0.4, 0.5) is 4.39 Å². The third-order valence-electron chi connectivity index (χ3n) is 3.02. The van der Waals surface area contributed by atoms with Gasteiger partial charge in [0.2, 0.25) is 5.95 Å². The Morgan fingerprint density at radius 2 is 2.14 bits per heavy atom. The van der Waals surface area contributed by atoms with Crippen LogP contribution in [0, 0.1) is 17.8 Å². The third kappa shape index (κ3) is 3.48. The molecule has 0 aliphatic carbocycles. The molecule has 2 rings (SSSR count). The highest BCUT2D eigenvalue weighted by atomic mass is 19.1. The molecule has 0 saturated carbocycles. The first-order valence-corrected chi connectivity index (χ1v) is 6.50. The molecule has 0 unspecified atom stereocenters. The predicted octanol–water partition coefficient (Wildman–Crippen LogP) is 2.81. The quantitative estimate of drug-likeness (QED) is 0.641. The van der Waals surface area contributed by atoms with E-state index in [1.165, 1.54) is 4.68 Å². The second kappa shape index (κ2) is 6.71. The van der Waals surface area contributed by atoms with Crippen LogP contribution < -0.4 is 0 Å². The van der Waals surface area contributed by atoms with Gasteiger partial charge in [0.1, 0.15) is 5.69 Å². The Morgan fingerprint density at radius 1 is 1.43 bits per heavy atom. The van der Waals surface area contributed by atoms with Gasteiger partial charge in [-0.25, -0.2) is 9.48 Å². The molecule has 21 heavy (non-hydrogen) atoms. The van der Waals surface area contributed by atoms with Gasteiger partial charge in [-0.3, -0.25) is 0 Å². The van der Waals surface area contributed by atoms with E-state index in [1.54, 1.807) is 6.92 Å². The van der Waals surface area contributed by atoms with Crippen LogP contribution >= 0.6 is 0 Å². The number of aromatic nitrogens is 2. The van der Waals surface area contributed by atoms with E-state index in [0.29, 0.717) is 0 Å². The van der Waals surface area contributed by atoms with E-state index < -0.39 is 11.9 Å². The van der Waals surface area contributed by atoms with Crippen molar-refractivity contribution in [2.45, 2.75) is 19.9 Å². The summed E-state index contributed by atoms with van der Waals surface area (Å²) in [5.41, 5.74) is 0.991. The zero-order valence-electron chi connectivity index (χ0n) is 11.8. The zero-order chi connectivity index (χ0) is 15.2. The summed E-state index contributed by atoms with van der Waals surface area (Å²) >= 11 is 0. The largest absolute Gasteiger partial charge is 0.448 e. The maximum Gasteiger partial charge on any atom is 0.357 e. The first-order valence-electron chi connectivity index (χ1n) is 6.50. The highest BCUT2D eigenvalue weighted by Crippen LogP contribution is 2.20. The molecule has 0 saturated heterocycles. The van der Waals surface area contributed by atoms with Gasteiger partial charge < -0.3 is 4.74 Å². The van der Waals surface area contributed by atoms with E-state index in [1.807, 2.05) is 37.3 Å². The molecular weight excluding hydrogens is 271 g/mol. The fourth-order valence-electron chi connectivity index (χ4n) is 1.93. The summed E-state index contributed by atoms with van der Waals surface area (Å²) in [5.74, 6) is 3.88. The number of carbonyl (C=O) groups is 1. The molecule has 0 N–H and O–H groups in total. The Bertz CT molecular complexity index is 683. The minimum absolute atomic E-state index is 0.0259. The third-order valence-corrected chi connectivity index (χ3v) is 3.02. The second-order valence-corrected chi connectivity index (χ2v) is 4.39. The van der Waals surface area contributed by atoms with Crippen molar-refractivity contribution < 1.29 is 13.9 Å². The van der Waals surface area contributed by atoms with Crippen molar-refractivity contribution in [3.8, 4) is 11.8 Å². The van der Waals surface area contributed by atoms with E-state index >= 15 is 0 Å². The Hall–Kier alpha value is -2.61. The van der Waals surface area contributed by atoms with Crippen LogP contribution in [0.15, 0.2) is 36.4 Å². The van der Waals surface area contributed by atoms with Crippen LogP contribution in [-0.4, -0.2) is 22.4 Å². The van der Waals surface area contributed by atoms with Crippen LogP contribution in [-0.2, 0) is 4.74 Å². The highest BCUT2D eigenvalue weighted by molar-refractivity contribution is 5.87. The lowest BCUT2D eigenvalue weighted by atomic mass is 10.1. The van der Waals surface area contributed by atoms with Gasteiger partial charge in [-0.15, -0.1) is 11.0 Å². The summed E-state index contributed by atoms with van der Waals surface area (Å²) < 4.78 is 19.7. The molecule has 0 aliphatic rings. The standard InChI is InChI=1S/C16H15FN2O2/c1-3-4-10-21-16(20)14-11-15(17)18-19(14)12(2)13-8-6-5-7-9-13/h5-9,11-12H,10H2,1-2H3/t12-/m1/s1. The number of ether oxygens (including phenoxy) is 1. The molecule has 1 aromatic heterocycles. The normalized spacial score (nSPS) is 11.4. The van der Waals surface area contributed by atoms with Gasteiger partial charge in [-0.2, -0.15) is 4.39 Å². The fourth-order valence-corrected chi connectivity index (χ4v) is 1.93. The molecule has 1 aromatic carbocycles. The van der Waals surface area contributed by atoms with E-state index in [2.05, 4.69) is 16.9 Å². The van der Waals surface area contributed by atoms with Crippen molar-refractivity contribution in [2.24, 2.45) is 0 Å². The molecule has 0 radical (unpaired) electrons. The number of nitrogens with zero attached hydrogens (tertiary/aromatic N) is 2. The Kier molecular flexibility index (Phi) is 4.72. The molecule has 0 bridgehead atoms. The SMILES string of the molecule is CC#CCOC(=O)c1cc(F)nn1[C@H](C)c1ccccc1. The van der Waals surface area contributed by atoms with Crippen molar-refractivity contribution in [1.29, 1.82) is 0 Å². The van der Waals surface area contributed by atoms with Gasteiger partial charge in [0.05, 0.1) is 6.04 Å². The maximum absolute atomic E-state index is 13.4. The zero-order valence-corrected chi connectivity index (χ0v) is 11.8. The molecular formula is C16H15FN2O2. The Labute approximate surface area is 122 Å². The van der Waals surface area contributed by atoms with Crippen molar-refractivity contribution >= 4 is 5.97 Å². The molecule has 5 heteroatoms. The summed E-state index contributed by atoms with van der Waals surface area (Å²) in [6, 6.07) is 10.2. The maximum atomic E-state index is 13.4. The minimum Gasteiger partial charge on any atom is -0.448 e. The Morgan fingerprint density at radius 3 is 2.81 bits per heavy atom. The number of benzene rings is 1. The molecule has 4 nitrogen and oxygen atoms in total. The monoisotopic (exact) mass is 286 g/mol. The van der Waals surface area contributed by atoms with E-state index in [4.69, 9.17) is 4.74 Å². The number of carbonyl (C=O) groups excluding carboxylic acids is 1. The van der Waals surface area contributed by atoms with Crippen LogP contribution in [0.1, 0.15) is 35.9 Å². The summed E-state index contributed by atoms with van der Waals surface area (Å²) in [5, 5.41) is 3.75. The van der Waals surface area contributed by atoms with Gasteiger partial charge >= 0.3 is 5.97 Å². The topological polar surface area (TPSA) is 44.1 Å². The van der Waals surface area contributed by atoms with E-state index in [-0.39, 0.29) is 18.3 Å². The van der Waals surface area contributed by atoms with Crippen LogP contribution in [0.3, 0.4) is 0 Å². The van der Waals surface area contributed by atoms with E-state index in [0.717, 1.165) is 11.6 Å². The van der Waals surface area contributed by atoms with Gasteiger partial charge in [0, 0.05) is 6.07 Å². The van der Waals surface area contributed by atoms with Crippen molar-refractivity contribution in [3.05, 3.63) is 53.6 Å². The average Bonchev–Trinajstić information content (AvgIpc) is 2.89. The van der Waals surface area contributed by atoms with Crippen molar-refractivity contribution in [2.75, 3.05) is 6.61 Å². The lowest BCUT2D eigenvalue weighted by molar-refractivity contribution is 0.0541. The van der Waals surface area contributed by atoms with Crippen molar-refractivity contribution in [1.82, 2.24) is 9.78 Å². The van der Waals surface area contributed by atoms with Crippen LogP contribution in [0.5, 0.6) is 0 Å². The second-order valence-electron chi connectivity index (χ2n) is 4.39. The molecule has 108 valence electrons. The molecule has 1 atom stereocenters. The number of hydrogen-bond acceptors (Lipinski definition) is 3. The first kappa shape index (κ1) is 14.8. The fraction of sp³-hybridized carbons (Fsp3) is 0.250. The summed E-state index contributed by atoms with van der Waals surface area (Å²) in [7, 11) is 0. The Balaban J connectivity index is 2.27. The number of rotatable bonds is 4. The molecule has 0 fully saturated rings. The molecule has 0 amide bonds. The molecule has 1 heterocycles. The molecule has 0 spiro atoms. The summed E-state index contributed by atoms with van der Waals surface area (Å²) in [6.07, 6.45) is 0. The number of hydrogen-bond donors (Lipinski definition) is 0. The highest BCUT2D eigenvalue weighted by Gasteiger charge is 2.21. The summed E-state index contributed by atoms with van der Waals surface area (Å²) in [6.45, 7) is 3.46. The minimum atomic E-state index is -0.716. The summed E-state index contributed by atoms with van der Waals surface area (Å²) in [4.78, 5) is 12.0. The van der Waals surface area contributed by atoms with Gasteiger partial charge in [0.15, 0.2) is 6.61 Å². The van der Waals surface area contributed by atoms with Gasteiger partial charge in [0.25, 0.3) is 0 Å². The molecule has 2 aromatic rings. The van der Waals surface area contributed by atoms with Crippen molar-refractivity contribution in [3.63, 3.8) is 0 Å². The average molecular weight is 286 g/mol. The first-order chi connectivity index (χ1) is 10.1. The smallest absolute Gasteiger partial charge is 0.357 e. The van der Waals surface area contributed by atoms with Crippen LogP contribution in [0.25, 0.3) is 0 Å².